The Hall–Kier alpha value is -2.64. The molecule has 174 valence electrons. The monoisotopic (exact) mass is 482 g/mol. The van der Waals surface area contributed by atoms with Crippen LogP contribution in [0.25, 0.3) is 0 Å². The molecule has 0 unspecified atom stereocenters. The molecule has 0 saturated heterocycles. The lowest BCUT2D eigenvalue weighted by Crippen LogP contribution is -2.48. The Morgan fingerprint density at radius 1 is 1.12 bits per heavy atom. The van der Waals surface area contributed by atoms with Crippen molar-refractivity contribution in [3.63, 3.8) is 0 Å². The Morgan fingerprint density at radius 2 is 1.91 bits per heavy atom. The highest BCUT2D eigenvalue weighted by molar-refractivity contribution is 7.12. The number of nitrogens with zero attached hydrogens (tertiary/aromatic N) is 2. The maximum absolute atomic E-state index is 13.5. The summed E-state index contributed by atoms with van der Waals surface area (Å²) in [5, 5.41) is 3.98. The fourth-order valence-electron chi connectivity index (χ4n) is 4.15. The molecule has 0 aliphatic carbocycles. The van der Waals surface area contributed by atoms with Crippen LogP contribution in [0.15, 0.2) is 53.2 Å². The third-order valence-corrected chi connectivity index (χ3v) is 7.63. The van der Waals surface area contributed by atoms with Gasteiger partial charge in [0.1, 0.15) is 18.9 Å². The van der Waals surface area contributed by atoms with Gasteiger partial charge in [-0.1, -0.05) is 37.6 Å². The lowest BCUT2D eigenvalue weighted by Gasteiger charge is -2.37. The van der Waals surface area contributed by atoms with E-state index in [9.17, 15) is 9.59 Å². The van der Waals surface area contributed by atoms with Crippen LogP contribution < -0.4 is 4.74 Å². The highest BCUT2D eigenvalue weighted by Gasteiger charge is 2.33. The van der Waals surface area contributed by atoms with E-state index in [1.807, 2.05) is 53.6 Å². The summed E-state index contributed by atoms with van der Waals surface area (Å²) in [6, 6.07) is 13.6. The van der Waals surface area contributed by atoms with Crippen molar-refractivity contribution in [1.29, 1.82) is 0 Å². The Morgan fingerprint density at radius 3 is 2.61 bits per heavy atom. The first kappa shape index (κ1) is 23.5. The highest BCUT2D eigenvalue weighted by atomic mass is 32.1. The molecule has 0 bridgehead atoms. The lowest BCUT2D eigenvalue weighted by molar-refractivity contribution is -0.135. The molecule has 0 N–H and O–H groups in total. The maximum atomic E-state index is 13.5. The Labute approximate surface area is 203 Å². The summed E-state index contributed by atoms with van der Waals surface area (Å²) in [5.74, 6) is 0.958. The SMILES string of the molecule is Cc1ccc(OC[C@@H]2c3ccsc3CCN2C(=O)CN(CC(C)C)C(=O)c2cccs2)cc1. The Balaban J connectivity index is 1.52. The van der Waals surface area contributed by atoms with E-state index in [2.05, 4.69) is 25.3 Å². The van der Waals surface area contributed by atoms with E-state index in [1.54, 1.807) is 16.2 Å². The van der Waals surface area contributed by atoms with Gasteiger partial charge in [0.15, 0.2) is 0 Å². The van der Waals surface area contributed by atoms with Crippen LogP contribution in [0.4, 0.5) is 0 Å². The molecule has 0 saturated carbocycles. The maximum Gasteiger partial charge on any atom is 0.264 e. The number of aryl methyl sites for hydroxylation is 1. The number of thiophene rings is 2. The average molecular weight is 483 g/mol. The summed E-state index contributed by atoms with van der Waals surface area (Å²) in [7, 11) is 0. The molecule has 0 spiro atoms. The predicted molar refractivity (Wildman–Crippen MR) is 134 cm³/mol. The second-order valence-electron chi connectivity index (χ2n) is 8.83. The summed E-state index contributed by atoms with van der Waals surface area (Å²) < 4.78 is 6.11. The molecular formula is C26H30N2O3S2. The van der Waals surface area contributed by atoms with Crippen LogP contribution in [0.3, 0.4) is 0 Å². The first-order valence-corrected chi connectivity index (χ1v) is 13.1. The van der Waals surface area contributed by atoms with Gasteiger partial charge in [0, 0.05) is 18.0 Å². The highest BCUT2D eigenvalue weighted by Crippen LogP contribution is 2.34. The third-order valence-electron chi connectivity index (χ3n) is 5.77. The standard InChI is InChI=1S/C26H30N2O3S2/c1-18(2)15-27(26(30)24-5-4-13-32-24)16-25(29)28-12-10-23-21(11-14-33-23)22(28)17-31-20-8-6-19(3)7-9-20/h4-9,11,13-14,18,22H,10,12,15-17H2,1-3H3/t22-/m1/s1. The van der Waals surface area contributed by atoms with Gasteiger partial charge in [-0.3, -0.25) is 9.59 Å². The van der Waals surface area contributed by atoms with Gasteiger partial charge in [-0.25, -0.2) is 0 Å². The molecule has 3 heterocycles. The summed E-state index contributed by atoms with van der Waals surface area (Å²) in [6.07, 6.45) is 0.836. The molecule has 4 rings (SSSR count). The van der Waals surface area contributed by atoms with E-state index in [0.29, 0.717) is 24.6 Å². The zero-order valence-electron chi connectivity index (χ0n) is 19.3. The number of ether oxygens (including phenoxy) is 1. The van der Waals surface area contributed by atoms with Crippen molar-refractivity contribution in [2.45, 2.75) is 33.2 Å². The topological polar surface area (TPSA) is 49.9 Å². The molecule has 0 radical (unpaired) electrons. The molecule has 33 heavy (non-hydrogen) atoms. The molecule has 1 aliphatic heterocycles. The number of fused-ring (bicyclic) bond motifs is 1. The van der Waals surface area contributed by atoms with Crippen molar-refractivity contribution in [2.75, 3.05) is 26.2 Å². The number of hydrogen-bond acceptors (Lipinski definition) is 5. The summed E-state index contributed by atoms with van der Waals surface area (Å²) in [4.78, 5) is 32.2. The fraction of sp³-hybridized carbons (Fsp3) is 0.385. The summed E-state index contributed by atoms with van der Waals surface area (Å²) in [5.41, 5.74) is 2.34. The van der Waals surface area contributed by atoms with Crippen LogP contribution in [0, 0.1) is 12.8 Å². The molecule has 7 heteroatoms. The molecule has 1 atom stereocenters. The first-order chi connectivity index (χ1) is 15.9. The van der Waals surface area contributed by atoms with Crippen LogP contribution >= 0.6 is 22.7 Å². The number of amides is 2. The molecule has 1 aliphatic rings. The van der Waals surface area contributed by atoms with Crippen molar-refractivity contribution in [2.24, 2.45) is 5.92 Å². The smallest absolute Gasteiger partial charge is 0.264 e. The van der Waals surface area contributed by atoms with Gasteiger partial charge in [-0.2, -0.15) is 0 Å². The minimum Gasteiger partial charge on any atom is -0.491 e. The molecule has 2 aromatic heterocycles. The predicted octanol–water partition coefficient (Wildman–Crippen LogP) is 5.42. The Kier molecular flexibility index (Phi) is 7.50. The van der Waals surface area contributed by atoms with Gasteiger partial charge in [0.25, 0.3) is 5.91 Å². The fourth-order valence-corrected chi connectivity index (χ4v) is 5.77. The van der Waals surface area contributed by atoms with Crippen molar-refractivity contribution >= 4 is 34.5 Å². The summed E-state index contributed by atoms with van der Waals surface area (Å²) >= 11 is 3.15. The number of benzene rings is 1. The van der Waals surface area contributed by atoms with Gasteiger partial charge in [-0.15, -0.1) is 22.7 Å². The van der Waals surface area contributed by atoms with E-state index >= 15 is 0 Å². The molecule has 5 nitrogen and oxygen atoms in total. The number of rotatable bonds is 8. The van der Waals surface area contributed by atoms with Gasteiger partial charge < -0.3 is 14.5 Å². The number of carbonyl (C=O) groups is 2. The molecule has 1 aromatic carbocycles. The minimum absolute atomic E-state index is 0.0325. The van der Waals surface area contributed by atoms with Crippen molar-refractivity contribution in [3.8, 4) is 5.75 Å². The van der Waals surface area contributed by atoms with Gasteiger partial charge in [0.05, 0.1) is 10.9 Å². The largest absolute Gasteiger partial charge is 0.491 e. The van der Waals surface area contributed by atoms with E-state index in [4.69, 9.17) is 4.74 Å². The van der Waals surface area contributed by atoms with E-state index in [1.165, 1.54) is 21.8 Å². The second kappa shape index (κ2) is 10.5. The van der Waals surface area contributed by atoms with Crippen LogP contribution in [-0.2, 0) is 11.2 Å². The normalized spacial score (nSPS) is 15.4. The molecular weight excluding hydrogens is 452 g/mol. The van der Waals surface area contributed by atoms with Crippen LogP contribution in [-0.4, -0.2) is 47.9 Å². The molecule has 3 aromatic rings. The van der Waals surface area contributed by atoms with Crippen LogP contribution in [0.1, 0.15) is 45.6 Å². The van der Waals surface area contributed by atoms with Crippen molar-refractivity contribution < 1.29 is 14.3 Å². The summed E-state index contributed by atoms with van der Waals surface area (Å²) in [6.45, 7) is 7.83. The van der Waals surface area contributed by atoms with Crippen LogP contribution in [0.2, 0.25) is 0 Å². The van der Waals surface area contributed by atoms with Gasteiger partial charge in [0.2, 0.25) is 5.91 Å². The molecule has 0 fully saturated rings. The van der Waals surface area contributed by atoms with Crippen molar-refractivity contribution in [1.82, 2.24) is 9.80 Å². The zero-order valence-corrected chi connectivity index (χ0v) is 21.0. The number of hydrogen-bond donors (Lipinski definition) is 0. The zero-order chi connectivity index (χ0) is 23.4. The van der Waals surface area contributed by atoms with Crippen molar-refractivity contribution in [3.05, 3.63) is 74.1 Å². The number of carbonyl (C=O) groups excluding carboxylic acids is 2. The van der Waals surface area contributed by atoms with E-state index in [0.717, 1.165) is 17.7 Å². The first-order valence-electron chi connectivity index (χ1n) is 11.3. The molecule has 2 amide bonds. The Bertz CT molecular complexity index is 1070. The van der Waals surface area contributed by atoms with E-state index in [-0.39, 0.29) is 30.3 Å². The van der Waals surface area contributed by atoms with E-state index < -0.39 is 0 Å². The third kappa shape index (κ3) is 5.65. The van der Waals surface area contributed by atoms with Gasteiger partial charge in [-0.05, 0) is 59.9 Å². The van der Waals surface area contributed by atoms with Crippen LogP contribution in [0.5, 0.6) is 5.75 Å². The lowest BCUT2D eigenvalue weighted by atomic mass is 10.00. The quantitative estimate of drug-likeness (QED) is 0.431. The minimum atomic E-state index is -0.161. The average Bonchev–Trinajstić information content (AvgIpc) is 3.49. The second-order valence-corrected chi connectivity index (χ2v) is 10.8. The van der Waals surface area contributed by atoms with Gasteiger partial charge >= 0.3 is 0 Å².